The second-order valence-electron chi connectivity index (χ2n) is 8.89. The molecule has 1 aromatic heterocycles. The summed E-state index contributed by atoms with van der Waals surface area (Å²) in [6, 6.07) is 13.4. The Labute approximate surface area is 186 Å². The molecule has 2 heterocycles. The number of benzene rings is 2. The monoisotopic (exact) mass is 435 g/mol. The van der Waals surface area contributed by atoms with E-state index in [1.54, 1.807) is 26.2 Å². The molecule has 0 spiro atoms. The number of nitrogens with zero attached hydrogens (tertiary/aromatic N) is 2. The maximum absolute atomic E-state index is 14.1. The molecule has 1 aliphatic heterocycles. The second-order valence-corrected chi connectivity index (χ2v) is 8.89. The normalized spacial score (nSPS) is 21.1. The van der Waals surface area contributed by atoms with Gasteiger partial charge >= 0.3 is 0 Å². The van der Waals surface area contributed by atoms with E-state index < -0.39 is 11.4 Å². The van der Waals surface area contributed by atoms with E-state index in [-0.39, 0.29) is 24.4 Å². The van der Waals surface area contributed by atoms with Crippen LogP contribution in [-0.2, 0) is 11.3 Å². The fraction of sp³-hybridized carbons (Fsp3) is 0.360. The van der Waals surface area contributed by atoms with Crippen molar-refractivity contribution in [3.63, 3.8) is 0 Å². The van der Waals surface area contributed by atoms with E-state index in [4.69, 9.17) is 4.74 Å². The highest BCUT2D eigenvalue weighted by atomic mass is 19.1. The van der Waals surface area contributed by atoms with Crippen LogP contribution in [0.1, 0.15) is 43.1 Å². The van der Waals surface area contributed by atoms with Gasteiger partial charge in [-0.25, -0.2) is 4.39 Å². The lowest BCUT2D eigenvalue weighted by Gasteiger charge is -2.44. The van der Waals surface area contributed by atoms with Crippen LogP contribution in [0.5, 0.6) is 5.75 Å². The van der Waals surface area contributed by atoms with Crippen molar-refractivity contribution < 1.29 is 18.7 Å². The number of carbonyl (C=O) groups is 2. The number of amides is 2. The second kappa shape index (κ2) is 7.65. The number of methoxy groups -OCH3 is 1. The van der Waals surface area contributed by atoms with Crippen molar-refractivity contribution in [3.8, 4) is 5.75 Å². The third-order valence-electron chi connectivity index (χ3n) is 6.74. The van der Waals surface area contributed by atoms with Gasteiger partial charge in [-0.15, -0.1) is 0 Å². The van der Waals surface area contributed by atoms with Gasteiger partial charge in [0.25, 0.3) is 5.91 Å². The first-order chi connectivity index (χ1) is 15.4. The predicted molar refractivity (Wildman–Crippen MR) is 121 cm³/mol. The van der Waals surface area contributed by atoms with Crippen LogP contribution in [0.3, 0.4) is 0 Å². The molecular formula is C25H26FN3O3. The van der Waals surface area contributed by atoms with Gasteiger partial charge in [0, 0.05) is 23.2 Å². The van der Waals surface area contributed by atoms with Gasteiger partial charge in [0.15, 0.2) is 0 Å². The SMILES string of the molecule is COc1ccc2cc3n(c2c1)CC(C)(C(=O)NC1CCCC1)N(c1cccc(F)c1)C3=O. The molecule has 6 nitrogen and oxygen atoms in total. The largest absolute Gasteiger partial charge is 0.497 e. The van der Waals surface area contributed by atoms with Gasteiger partial charge in [-0.2, -0.15) is 0 Å². The van der Waals surface area contributed by atoms with Gasteiger partial charge in [0.05, 0.1) is 19.2 Å². The summed E-state index contributed by atoms with van der Waals surface area (Å²) < 4.78 is 21.4. The summed E-state index contributed by atoms with van der Waals surface area (Å²) >= 11 is 0. The molecule has 1 aliphatic carbocycles. The average Bonchev–Trinajstić information content (AvgIpc) is 3.41. The Balaban J connectivity index is 1.65. The summed E-state index contributed by atoms with van der Waals surface area (Å²) in [7, 11) is 1.59. The zero-order valence-corrected chi connectivity index (χ0v) is 18.2. The van der Waals surface area contributed by atoms with E-state index in [9.17, 15) is 14.0 Å². The number of rotatable bonds is 4. The first kappa shape index (κ1) is 20.5. The third kappa shape index (κ3) is 3.23. The van der Waals surface area contributed by atoms with Gasteiger partial charge < -0.3 is 14.6 Å². The van der Waals surface area contributed by atoms with Crippen LogP contribution >= 0.6 is 0 Å². The number of halogens is 1. The molecule has 1 unspecified atom stereocenters. The smallest absolute Gasteiger partial charge is 0.275 e. The Morgan fingerprint density at radius 3 is 2.66 bits per heavy atom. The van der Waals surface area contributed by atoms with Crippen LogP contribution in [-0.4, -0.2) is 35.1 Å². The van der Waals surface area contributed by atoms with E-state index in [0.717, 1.165) is 36.6 Å². The minimum absolute atomic E-state index is 0.103. The maximum Gasteiger partial charge on any atom is 0.275 e. The lowest BCUT2D eigenvalue weighted by Crippen LogP contribution is -2.65. The number of ether oxygens (including phenoxy) is 1. The Bertz CT molecular complexity index is 1210. The Hall–Kier alpha value is -3.35. The molecule has 166 valence electrons. The highest BCUT2D eigenvalue weighted by molar-refractivity contribution is 6.14. The summed E-state index contributed by atoms with van der Waals surface area (Å²) in [5, 5.41) is 4.04. The summed E-state index contributed by atoms with van der Waals surface area (Å²) in [4.78, 5) is 28.9. The zero-order valence-electron chi connectivity index (χ0n) is 18.2. The van der Waals surface area contributed by atoms with E-state index in [1.165, 1.54) is 17.0 Å². The van der Waals surface area contributed by atoms with Crippen LogP contribution in [0, 0.1) is 5.82 Å². The molecule has 2 aliphatic rings. The summed E-state index contributed by atoms with van der Waals surface area (Å²) in [6.07, 6.45) is 4.04. The summed E-state index contributed by atoms with van der Waals surface area (Å²) in [5.41, 5.74) is 0.429. The van der Waals surface area contributed by atoms with E-state index in [1.807, 2.05) is 28.8 Å². The van der Waals surface area contributed by atoms with Gasteiger partial charge in [-0.1, -0.05) is 18.9 Å². The molecule has 5 rings (SSSR count). The van der Waals surface area contributed by atoms with E-state index in [2.05, 4.69) is 5.32 Å². The predicted octanol–water partition coefficient (Wildman–Crippen LogP) is 4.27. The quantitative estimate of drug-likeness (QED) is 0.666. The van der Waals surface area contributed by atoms with Crippen molar-refractivity contribution in [2.75, 3.05) is 12.0 Å². The number of fused-ring (bicyclic) bond motifs is 3. The molecule has 3 aromatic rings. The van der Waals surface area contributed by atoms with Gasteiger partial charge in [0.1, 0.15) is 22.8 Å². The first-order valence-corrected chi connectivity index (χ1v) is 11.0. The number of nitrogens with one attached hydrogen (secondary N) is 1. The highest BCUT2D eigenvalue weighted by Crippen LogP contribution is 2.37. The minimum atomic E-state index is -1.23. The van der Waals surface area contributed by atoms with Crippen LogP contribution in [0.4, 0.5) is 10.1 Å². The van der Waals surface area contributed by atoms with Crippen molar-refractivity contribution >= 4 is 28.4 Å². The molecule has 7 heteroatoms. The number of anilines is 1. The van der Waals surface area contributed by atoms with Crippen molar-refractivity contribution in [3.05, 3.63) is 60.0 Å². The molecule has 2 amide bonds. The van der Waals surface area contributed by atoms with Crippen LogP contribution in [0.2, 0.25) is 0 Å². The molecule has 0 bridgehead atoms. The number of carbonyl (C=O) groups excluding carboxylic acids is 2. The Kier molecular flexibility index (Phi) is 4.92. The fourth-order valence-electron chi connectivity index (χ4n) is 5.03. The summed E-state index contributed by atoms with van der Waals surface area (Å²) in [5.74, 6) is -0.335. The topological polar surface area (TPSA) is 63.6 Å². The van der Waals surface area contributed by atoms with Crippen LogP contribution in [0.25, 0.3) is 10.9 Å². The highest BCUT2D eigenvalue weighted by Gasteiger charge is 2.49. The molecule has 2 aromatic carbocycles. The maximum atomic E-state index is 14.1. The standard InChI is InChI=1S/C25H26FN3O3/c1-25(24(31)27-18-7-3-4-8-18)15-28-21-14-20(32-2)11-10-16(21)12-22(28)23(30)29(25)19-9-5-6-17(26)13-19/h5-6,9-14,18H,3-4,7-8,15H2,1-2H3,(H,27,31). The lowest BCUT2D eigenvalue weighted by molar-refractivity contribution is -0.127. The number of aromatic nitrogens is 1. The van der Waals surface area contributed by atoms with Crippen molar-refractivity contribution in [1.82, 2.24) is 9.88 Å². The summed E-state index contributed by atoms with van der Waals surface area (Å²) in [6.45, 7) is 2.01. The van der Waals surface area contributed by atoms with Gasteiger partial charge in [-0.3, -0.25) is 14.5 Å². The molecule has 1 N–H and O–H groups in total. The van der Waals surface area contributed by atoms with Crippen molar-refractivity contribution in [2.45, 2.75) is 50.7 Å². The van der Waals surface area contributed by atoms with Crippen LogP contribution < -0.4 is 15.0 Å². The number of hydrogen-bond acceptors (Lipinski definition) is 3. The molecule has 1 fully saturated rings. The Morgan fingerprint density at radius 2 is 1.94 bits per heavy atom. The molecular weight excluding hydrogens is 409 g/mol. The molecule has 1 atom stereocenters. The Morgan fingerprint density at radius 1 is 1.16 bits per heavy atom. The average molecular weight is 435 g/mol. The van der Waals surface area contributed by atoms with Crippen molar-refractivity contribution in [1.29, 1.82) is 0 Å². The molecule has 0 radical (unpaired) electrons. The fourth-order valence-corrected chi connectivity index (χ4v) is 5.03. The first-order valence-electron chi connectivity index (χ1n) is 11.0. The van der Waals surface area contributed by atoms with Gasteiger partial charge in [-0.05, 0) is 56.2 Å². The lowest BCUT2D eigenvalue weighted by atomic mass is 9.93. The molecule has 1 saturated carbocycles. The van der Waals surface area contributed by atoms with E-state index in [0.29, 0.717) is 17.1 Å². The van der Waals surface area contributed by atoms with Crippen LogP contribution in [0.15, 0.2) is 48.5 Å². The van der Waals surface area contributed by atoms with Gasteiger partial charge in [0.2, 0.25) is 5.91 Å². The van der Waals surface area contributed by atoms with Crippen molar-refractivity contribution in [2.24, 2.45) is 0 Å². The zero-order chi connectivity index (χ0) is 22.5. The van der Waals surface area contributed by atoms with E-state index >= 15 is 0 Å². The minimum Gasteiger partial charge on any atom is -0.497 e. The molecule has 32 heavy (non-hydrogen) atoms. The number of hydrogen-bond donors (Lipinski definition) is 1. The third-order valence-corrected chi connectivity index (χ3v) is 6.74. The molecule has 0 saturated heterocycles.